The van der Waals surface area contributed by atoms with Crippen molar-refractivity contribution < 1.29 is 9.59 Å². The summed E-state index contributed by atoms with van der Waals surface area (Å²) in [6.45, 7) is 1.96. The molecule has 2 amide bonds. The second-order valence-electron chi connectivity index (χ2n) is 5.69. The fourth-order valence-corrected chi connectivity index (χ4v) is 3.69. The topological polar surface area (TPSA) is 70.2 Å². The molecule has 2 rings (SSSR count). The molecule has 0 aromatic heterocycles. The number of amides is 2. The zero-order chi connectivity index (χ0) is 19.8. The van der Waals surface area contributed by atoms with Crippen LogP contribution < -0.4 is 16.2 Å². The zero-order valence-electron chi connectivity index (χ0n) is 14.4. The molecule has 0 heterocycles. The maximum Gasteiger partial charge on any atom is 0.250 e. The number of benzene rings is 2. The molecule has 8 heteroatoms. The average molecular weight is 511 g/mol. The van der Waals surface area contributed by atoms with Crippen LogP contribution in [0.25, 0.3) is 6.08 Å². The Bertz CT molecular complexity index is 880. The Balaban J connectivity index is 1.78. The van der Waals surface area contributed by atoms with E-state index in [1.54, 1.807) is 6.08 Å². The SMILES string of the molecule is Cc1cccc(CC(=O)NNC(=S)NC(=O)/C=C/c2cc(Br)cc(Br)c2)c1. The van der Waals surface area contributed by atoms with Crippen molar-refractivity contribution in [2.24, 2.45) is 0 Å². The molecule has 2 aromatic rings. The third-order valence-electron chi connectivity index (χ3n) is 3.31. The van der Waals surface area contributed by atoms with Gasteiger partial charge in [0.05, 0.1) is 6.42 Å². The van der Waals surface area contributed by atoms with E-state index < -0.39 is 5.91 Å². The Morgan fingerprint density at radius 2 is 1.78 bits per heavy atom. The first-order valence-corrected chi connectivity index (χ1v) is 9.91. The van der Waals surface area contributed by atoms with Gasteiger partial charge in [-0.2, -0.15) is 0 Å². The fraction of sp³-hybridized carbons (Fsp3) is 0.105. The largest absolute Gasteiger partial charge is 0.298 e. The van der Waals surface area contributed by atoms with E-state index in [1.807, 2.05) is 49.4 Å². The summed E-state index contributed by atoms with van der Waals surface area (Å²) in [5.41, 5.74) is 7.80. The van der Waals surface area contributed by atoms with Gasteiger partial charge in [-0.05, 0) is 54.5 Å². The van der Waals surface area contributed by atoms with Gasteiger partial charge < -0.3 is 0 Å². The van der Waals surface area contributed by atoms with Gasteiger partial charge in [0.1, 0.15) is 0 Å². The van der Waals surface area contributed by atoms with Crippen LogP contribution in [0, 0.1) is 6.92 Å². The van der Waals surface area contributed by atoms with Crippen molar-refractivity contribution in [3.05, 3.63) is 74.2 Å². The predicted octanol–water partition coefficient (Wildman–Crippen LogP) is 3.80. The molecular weight excluding hydrogens is 494 g/mol. The minimum absolute atomic E-state index is 0.0117. The molecule has 0 atom stereocenters. The standard InChI is InChI=1S/C19H17Br2N3O2S/c1-12-3-2-4-13(7-12)10-18(26)23-24-19(27)22-17(25)6-5-14-8-15(20)11-16(21)9-14/h2-9,11H,10H2,1H3,(H,23,26)(H2,22,24,25,27)/b6-5+. The third-order valence-corrected chi connectivity index (χ3v) is 4.43. The minimum atomic E-state index is -0.406. The predicted molar refractivity (Wildman–Crippen MR) is 118 cm³/mol. The molecule has 0 radical (unpaired) electrons. The lowest BCUT2D eigenvalue weighted by atomic mass is 10.1. The summed E-state index contributed by atoms with van der Waals surface area (Å²) >= 11 is 11.8. The van der Waals surface area contributed by atoms with Crippen molar-refractivity contribution in [2.75, 3.05) is 0 Å². The van der Waals surface area contributed by atoms with E-state index in [9.17, 15) is 9.59 Å². The van der Waals surface area contributed by atoms with Gasteiger partial charge in [-0.25, -0.2) is 0 Å². The van der Waals surface area contributed by atoms with E-state index in [4.69, 9.17) is 12.2 Å². The van der Waals surface area contributed by atoms with Gasteiger partial charge in [-0.15, -0.1) is 0 Å². The lowest BCUT2D eigenvalue weighted by molar-refractivity contribution is -0.121. The van der Waals surface area contributed by atoms with Gasteiger partial charge in [0.2, 0.25) is 11.8 Å². The van der Waals surface area contributed by atoms with Crippen LogP contribution in [0.15, 0.2) is 57.5 Å². The van der Waals surface area contributed by atoms with Crippen LogP contribution >= 0.6 is 44.1 Å². The maximum atomic E-state index is 11.9. The van der Waals surface area contributed by atoms with E-state index in [1.165, 1.54) is 6.08 Å². The molecule has 3 N–H and O–H groups in total. The monoisotopic (exact) mass is 509 g/mol. The molecule has 0 fully saturated rings. The summed E-state index contributed by atoms with van der Waals surface area (Å²) in [6, 6.07) is 13.3. The molecule has 140 valence electrons. The van der Waals surface area contributed by atoms with Crippen molar-refractivity contribution in [1.29, 1.82) is 0 Å². The summed E-state index contributed by atoms with van der Waals surface area (Å²) in [4.78, 5) is 23.8. The number of carbonyl (C=O) groups excluding carboxylic acids is 2. The van der Waals surface area contributed by atoms with E-state index in [-0.39, 0.29) is 17.4 Å². The van der Waals surface area contributed by atoms with Crippen molar-refractivity contribution in [1.82, 2.24) is 16.2 Å². The van der Waals surface area contributed by atoms with Crippen molar-refractivity contribution in [3.8, 4) is 0 Å². The van der Waals surface area contributed by atoms with Gasteiger partial charge >= 0.3 is 0 Å². The Hall–Kier alpha value is -2.03. The number of aryl methyl sites for hydroxylation is 1. The maximum absolute atomic E-state index is 11.9. The molecule has 0 bridgehead atoms. The number of hydrogen-bond donors (Lipinski definition) is 3. The first kappa shape index (κ1) is 21.3. The number of rotatable bonds is 4. The van der Waals surface area contributed by atoms with Crippen molar-refractivity contribution in [2.45, 2.75) is 13.3 Å². The van der Waals surface area contributed by atoms with Crippen molar-refractivity contribution in [3.63, 3.8) is 0 Å². The van der Waals surface area contributed by atoms with Crippen LogP contribution in [0.3, 0.4) is 0 Å². The summed E-state index contributed by atoms with van der Waals surface area (Å²) < 4.78 is 1.79. The normalized spacial score (nSPS) is 10.5. The molecule has 0 aliphatic rings. The third kappa shape index (κ3) is 8.03. The first-order chi connectivity index (χ1) is 12.8. The Labute approximate surface area is 179 Å². The van der Waals surface area contributed by atoms with Gasteiger partial charge in [0.25, 0.3) is 0 Å². The molecule has 2 aromatic carbocycles. The molecule has 0 saturated heterocycles. The summed E-state index contributed by atoms with van der Waals surface area (Å²) in [7, 11) is 0. The lowest BCUT2D eigenvalue weighted by Gasteiger charge is -2.10. The number of carbonyl (C=O) groups is 2. The second kappa shape index (κ2) is 10.3. The molecular formula is C19H17Br2N3O2S. The Morgan fingerprint density at radius 1 is 1.07 bits per heavy atom. The van der Waals surface area contributed by atoms with Gasteiger partial charge in [-0.3, -0.25) is 25.8 Å². The highest BCUT2D eigenvalue weighted by Crippen LogP contribution is 2.20. The smallest absolute Gasteiger partial charge is 0.250 e. The molecule has 0 aliphatic carbocycles. The lowest BCUT2D eigenvalue weighted by Crippen LogP contribution is -2.48. The van der Waals surface area contributed by atoms with Crippen LogP contribution in [0.2, 0.25) is 0 Å². The van der Waals surface area contributed by atoms with Gasteiger partial charge in [-0.1, -0.05) is 61.7 Å². The van der Waals surface area contributed by atoms with Gasteiger partial charge in [0, 0.05) is 15.0 Å². The molecule has 0 saturated carbocycles. The van der Waals surface area contributed by atoms with E-state index in [0.717, 1.165) is 25.6 Å². The van der Waals surface area contributed by atoms with E-state index in [2.05, 4.69) is 48.0 Å². The average Bonchev–Trinajstić information content (AvgIpc) is 2.57. The highest BCUT2D eigenvalue weighted by atomic mass is 79.9. The Morgan fingerprint density at radius 3 is 2.44 bits per heavy atom. The van der Waals surface area contributed by atoms with Crippen LogP contribution in [0.4, 0.5) is 0 Å². The van der Waals surface area contributed by atoms with E-state index >= 15 is 0 Å². The van der Waals surface area contributed by atoms with Crippen LogP contribution in [-0.4, -0.2) is 16.9 Å². The summed E-state index contributed by atoms with van der Waals surface area (Å²) in [6.07, 6.45) is 3.23. The minimum Gasteiger partial charge on any atom is -0.298 e. The van der Waals surface area contributed by atoms with Crippen LogP contribution in [-0.2, 0) is 16.0 Å². The molecule has 0 aliphatic heterocycles. The van der Waals surface area contributed by atoms with E-state index in [0.29, 0.717) is 0 Å². The highest BCUT2D eigenvalue weighted by Gasteiger charge is 2.05. The summed E-state index contributed by atoms with van der Waals surface area (Å²) in [5.74, 6) is -0.664. The molecule has 27 heavy (non-hydrogen) atoms. The first-order valence-electron chi connectivity index (χ1n) is 7.91. The number of thiocarbonyl (C=S) groups is 1. The quantitative estimate of drug-likeness (QED) is 0.332. The number of hydrogen-bond acceptors (Lipinski definition) is 3. The summed E-state index contributed by atoms with van der Waals surface area (Å²) in [5, 5.41) is 2.48. The number of nitrogens with one attached hydrogen (secondary N) is 3. The van der Waals surface area contributed by atoms with Gasteiger partial charge in [0.15, 0.2) is 5.11 Å². The highest BCUT2D eigenvalue weighted by molar-refractivity contribution is 9.11. The van der Waals surface area contributed by atoms with Crippen LogP contribution in [0.1, 0.15) is 16.7 Å². The number of hydrazine groups is 1. The Kier molecular flexibility index (Phi) is 8.15. The fourth-order valence-electron chi connectivity index (χ4n) is 2.21. The molecule has 0 spiro atoms. The van der Waals surface area contributed by atoms with Crippen LogP contribution in [0.5, 0.6) is 0 Å². The second-order valence-corrected chi connectivity index (χ2v) is 7.93. The number of halogens is 2. The zero-order valence-corrected chi connectivity index (χ0v) is 18.4. The molecule has 0 unspecified atom stereocenters. The van der Waals surface area contributed by atoms with Crippen molar-refractivity contribution >= 4 is 67.1 Å². The molecule has 5 nitrogen and oxygen atoms in total.